The van der Waals surface area contributed by atoms with Crippen molar-refractivity contribution in [3.63, 3.8) is 0 Å². The zero-order valence-electron chi connectivity index (χ0n) is 17.3. The number of fused-ring (bicyclic) bond motifs is 1. The number of pyridine rings is 1. The number of allylic oxidation sites excluding steroid dienone is 1. The van der Waals surface area contributed by atoms with Crippen molar-refractivity contribution in [3.8, 4) is 23.3 Å². The average Bonchev–Trinajstić information content (AvgIpc) is 3.28. The van der Waals surface area contributed by atoms with Crippen LogP contribution in [0.25, 0.3) is 0 Å². The Balaban J connectivity index is 1.99. The second-order valence-electron chi connectivity index (χ2n) is 7.07. The minimum atomic E-state index is -0.783. The van der Waals surface area contributed by atoms with Crippen molar-refractivity contribution in [1.29, 1.82) is 5.26 Å². The third kappa shape index (κ3) is 3.40. The molecule has 2 N–H and O–H groups in total. The van der Waals surface area contributed by atoms with E-state index >= 15 is 0 Å². The second kappa shape index (κ2) is 7.95. The second-order valence-corrected chi connectivity index (χ2v) is 7.07. The number of furan rings is 1. The largest absolute Gasteiger partial charge is 0.497 e. The molecule has 0 radical (unpaired) electrons. The first-order chi connectivity index (χ1) is 15.0. The van der Waals surface area contributed by atoms with Crippen molar-refractivity contribution in [2.75, 3.05) is 14.2 Å². The molecule has 0 bridgehead atoms. The van der Waals surface area contributed by atoms with Crippen molar-refractivity contribution in [2.45, 2.75) is 19.4 Å². The molecule has 0 fully saturated rings. The predicted molar refractivity (Wildman–Crippen MR) is 112 cm³/mol. The Labute approximate surface area is 178 Å². The highest BCUT2D eigenvalue weighted by Crippen LogP contribution is 2.44. The SMILES string of the molecule is COc1ccc(OC)c([C@@H]2C(C#N)=C(N)Oc3cc(C)n(Cc4ccco4)c(=O)c32)c1. The lowest BCUT2D eigenvalue weighted by Crippen LogP contribution is -2.33. The first-order valence-electron chi connectivity index (χ1n) is 9.54. The van der Waals surface area contributed by atoms with Gasteiger partial charge in [-0.1, -0.05) is 0 Å². The molecule has 1 aliphatic rings. The fraction of sp³-hybridized carbons (Fsp3) is 0.217. The summed E-state index contributed by atoms with van der Waals surface area (Å²) in [5.41, 5.74) is 7.46. The molecule has 3 heterocycles. The number of rotatable bonds is 5. The predicted octanol–water partition coefficient (Wildman–Crippen LogP) is 3.03. The molecule has 1 atom stereocenters. The van der Waals surface area contributed by atoms with Crippen LogP contribution in [0.3, 0.4) is 0 Å². The molecule has 1 aliphatic heterocycles. The summed E-state index contributed by atoms with van der Waals surface area (Å²) in [6.07, 6.45) is 1.55. The van der Waals surface area contributed by atoms with Crippen LogP contribution in [0.1, 0.15) is 28.5 Å². The number of benzene rings is 1. The molecule has 0 amide bonds. The maximum atomic E-state index is 13.7. The number of nitrogens with two attached hydrogens (primary N) is 1. The zero-order valence-corrected chi connectivity index (χ0v) is 17.3. The first kappa shape index (κ1) is 20.2. The van der Waals surface area contributed by atoms with Crippen LogP contribution >= 0.6 is 0 Å². The van der Waals surface area contributed by atoms with Crippen LogP contribution in [0.4, 0.5) is 0 Å². The number of hydrogen-bond acceptors (Lipinski definition) is 7. The summed E-state index contributed by atoms with van der Waals surface area (Å²) in [4.78, 5) is 13.7. The number of aromatic nitrogens is 1. The Morgan fingerprint density at radius 2 is 2.03 bits per heavy atom. The Bertz CT molecular complexity index is 1270. The molecule has 0 saturated carbocycles. The maximum Gasteiger partial charge on any atom is 0.259 e. The van der Waals surface area contributed by atoms with Gasteiger partial charge in [0.05, 0.1) is 38.5 Å². The normalized spacial score (nSPS) is 15.1. The van der Waals surface area contributed by atoms with Gasteiger partial charge in [-0.05, 0) is 37.3 Å². The summed E-state index contributed by atoms with van der Waals surface area (Å²) >= 11 is 0. The van der Waals surface area contributed by atoms with Gasteiger partial charge in [0.2, 0.25) is 5.88 Å². The molecule has 3 aromatic rings. The summed E-state index contributed by atoms with van der Waals surface area (Å²) in [5, 5.41) is 9.87. The number of aryl methyl sites for hydroxylation is 1. The summed E-state index contributed by atoms with van der Waals surface area (Å²) in [7, 11) is 3.06. The molecule has 8 heteroatoms. The molecule has 1 aromatic carbocycles. The van der Waals surface area contributed by atoms with Gasteiger partial charge in [-0.15, -0.1) is 0 Å². The van der Waals surface area contributed by atoms with Crippen molar-refractivity contribution >= 4 is 0 Å². The fourth-order valence-electron chi connectivity index (χ4n) is 3.82. The Kier molecular flexibility index (Phi) is 5.17. The van der Waals surface area contributed by atoms with E-state index in [0.29, 0.717) is 39.8 Å². The highest BCUT2D eigenvalue weighted by atomic mass is 16.5. The van der Waals surface area contributed by atoms with Gasteiger partial charge in [-0.2, -0.15) is 5.26 Å². The maximum absolute atomic E-state index is 13.7. The van der Waals surface area contributed by atoms with E-state index in [1.165, 1.54) is 7.11 Å². The van der Waals surface area contributed by atoms with Gasteiger partial charge in [0, 0.05) is 17.3 Å². The Morgan fingerprint density at radius 1 is 1.23 bits per heavy atom. The van der Waals surface area contributed by atoms with E-state index in [-0.39, 0.29) is 23.6 Å². The molecule has 0 spiro atoms. The summed E-state index contributed by atoms with van der Waals surface area (Å²) in [6, 6.07) is 12.6. The van der Waals surface area contributed by atoms with Crippen molar-refractivity contribution < 1.29 is 18.6 Å². The van der Waals surface area contributed by atoms with Crippen molar-refractivity contribution in [2.24, 2.45) is 5.73 Å². The van der Waals surface area contributed by atoms with Crippen LogP contribution in [0.15, 0.2) is 63.3 Å². The fourth-order valence-corrected chi connectivity index (χ4v) is 3.82. The van der Waals surface area contributed by atoms with E-state index in [2.05, 4.69) is 6.07 Å². The average molecular weight is 419 g/mol. The van der Waals surface area contributed by atoms with Gasteiger partial charge in [0.1, 0.15) is 34.7 Å². The third-order valence-electron chi connectivity index (χ3n) is 5.33. The molecular weight excluding hydrogens is 398 g/mol. The van der Waals surface area contributed by atoms with Crippen LogP contribution in [0.5, 0.6) is 17.2 Å². The van der Waals surface area contributed by atoms with Crippen LogP contribution < -0.4 is 25.5 Å². The van der Waals surface area contributed by atoms with E-state index in [0.717, 1.165) is 0 Å². The van der Waals surface area contributed by atoms with Crippen LogP contribution in [-0.4, -0.2) is 18.8 Å². The molecule has 0 unspecified atom stereocenters. The van der Waals surface area contributed by atoms with E-state index in [9.17, 15) is 10.1 Å². The van der Waals surface area contributed by atoms with Crippen molar-refractivity contribution in [1.82, 2.24) is 4.57 Å². The van der Waals surface area contributed by atoms with Gasteiger partial charge in [-0.3, -0.25) is 4.79 Å². The lowest BCUT2D eigenvalue weighted by Gasteiger charge is -2.28. The summed E-state index contributed by atoms with van der Waals surface area (Å²) < 4.78 is 23.6. The number of hydrogen-bond donors (Lipinski definition) is 1. The van der Waals surface area contributed by atoms with E-state index in [4.69, 9.17) is 24.4 Å². The lowest BCUT2D eigenvalue weighted by atomic mass is 9.83. The molecule has 158 valence electrons. The number of nitriles is 1. The van der Waals surface area contributed by atoms with Crippen LogP contribution in [0, 0.1) is 18.3 Å². The number of ether oxygens (including phenoxy) is 3. The molecule has 2 aromatic heterocycles. The molecular formula is C23H21N3O5. The minimum absolute atomic E-state index is 0.0487. The Hall–Kier alpha value is -4.12. The topological polar surface area (TPSA) is 113 Å². The van der Waals surface area contributed by atoms with Gasteiger partial charge in [-0.25, -0.2) is 0 Å². The van der Waals surface area contributed by atoms with Crippen LogP contribution in [0.2, 0.25) is 0 Å². The van der Waals surface area contributed by atoms with Crippen molar-refractivity contribution in [3.05, 3.63) is 87.1 Å². The quantitative estimate of drug-likeness (QED) is 0.676. The monoisotopic (exact) mass is 419 g/mol. The molecule has 31 heavy (non-hydrogen) atoms. The smallest absolute Gasteiger partial charge is 0.259 e. The molecule has 4 rings (SSSR count). The molecule has 0 aliphatic carbocycles. The summed E-state index contributed by atoms with van der Waals surface area (Å²) in [6.45, 7) is 2.04. The zero-order chi connectivity index (χ0) is 22.1. The number of nitrogens with zero attached hydrogens (tertiary/aromatic N) is 2. The highest BCUT2D eigenvalue weighted by molar-refractivity contribution is 5.59. The Morgan fingerprint density at radius 3 is 2.68 bits per heavy atom. The van der Waals surface area contributed by atoms with Crippen LogP contribution in [-0.2, 0) is 6.54 Å². The van der Waals surface area contributed by atoms with E-state index < -0.39 is 5.92 Å². The lowest BCUT2D eigenvalue weighted by molar-refractivity contribution is 0.379. The molecule has 0 saturated heterocycles. The standard InChI is InChI=1S/C23H21N3O5/c1-13-9-19-21(23(27)26(13)12-15-5-4-8-30-15)20(17(11-24)22(25)31-19)16-10-14(28-2)6-7-18(16)29-3/h4-10,20H,12,25H2,1-3H3/t20-/m1/s1. The summed E-state index contributed by atoms with van der Waals surface area (Å²) in [5.74, 6) is 1.17. The minimum Gasteiger partial charge on any atom is -0.497 e. The van der Waals surface area contributed by atoms with E-state index in [1.807, 2.05) is 0 Å². The first-order valence-corrected chi connectivity index (χ1v) is 9.54. The van der Waals surface area contributed by atoms with Gasteiger partial charge in [0.25, 0.3) is 5.56 Å². The van der Waals surface area contributed by atoms with Gasteiger partial charge >= 0.3 is 0 Å². The molecule has 8 nitrogen and oxygen atoms in total. The van der Waals surface area contributed by atoms with E-state index in [1.54, 1.807) is 61.3 Å². The number of methoxy groups -OCH3 is 2. The highest BCUT2D eigenvalue weighted by Gasteiger charge is 2.36. The third-order valence-corrected chi connectivity index (χ3v) is 5.33. The van der Waals surface area contributed by atoms with Gasteiger partial charge in [0.15, 0.2) is 0 Å². The van der Waals surface area contributed by atoms with Gasteiger partial charge < -0.3 is 28.9 Å².